The van der Waals surface area contributed by atoms with Gasteiger partial charge in [0.15, 0.2) is 0 Å². The standard InChI is InChI=1S/C31H42N6O2/c1-8-37(23-11-9-22(10-12-23)36(6)7)29-21(5)25(30(32)38)15-26(28-17-33-20(4)16-34-28)27(29)14-24-18(2)13-19(3)35-31(24)39/h13,15-17,22-23H,8-12,14H2,1-7H3,(H2,32,38)(H,35,39). The lowest BCUT2D eigenvalue weighted by atomic mass is 9.85. The van der Waals surface area contributed by atoms with Crippen LogP contribution in [0.3, 0.4) is 0 Å². The predicted molar refractivity (Wildman–Crippen MR) is 158 cm³/mol. The van der Waals surface area contributed by atoms with Crippen LogP contribution in [0.25, 0.3) is 11.3 Å². The van der Waals surface area contributed by atoms with Crippen molar-refractivity contribution >= 4 is 11.6 Å². The number of carbonyl (C=O) groups excluding carboxylic acids is 1. The molecule has 1 aliphatic rings. The van der Waals surface area contributed by atoms with E-state index in [-0.39, 0.29) is 5.56 Å². The molecule has 0 radical (unpaired) electrons. The van der Waals surface area contributed by atoms with Crippen LogP contribution in [-0.2, 0) is 6.42 Å². The zero-order valence-corrected chi connectivity index (χ0v) is 24.4. The quantitative estimate of drug-likeness (QED) is 0.445. The van der Waals surface area contributed by atoms with Gasteiger partial charge in [-0.05, 0) is 103 Å². The number of pyridine rings is 1. The minimum Gasteiger partial charge on any atom is -0.368 e. The van der Waals surface area contributed by atoms with Crippen molar-refractivity contribution in [1.29, 1.82) is 0 Å². The molecule has 0 unspecified atom stereocenters. The van der Waals surface area contributed by atoms with Crippen molar-refractivity contribution in [1.82, 2.24) is 19.9 Å². The zero-order chi connectivity index (χ0) is 28.4. The Morgan fingerprint density at radius 2 is 1.67 bits per heavy atom. The third kappa shape index (κ3) is 5.91. The molecule has 0 saturated heterocycles. The molecular weight excluding hydrogens is 488 g/mol. The van der Waals surface area contributed by atoms with E-state index in [9.17, 15) is 9.59 Å². The van der Waals surface area contributed by atoms with Crippen molar-refractivity contribution in [3.8, 4) is 11.3 Å². The topological polar surface area (TPSA) is 108 Å². The summed E-state index contributed by atoms with van der Waals surface area (Å²) in [6, 6.07) is 4.74. The second-order valence-corrected chi connectivity index (χ2v) is 11.2. The maximum Gasteiger partial charge on any atom is 0.251 e. The van der Waals surface area contributed by atoms with Crippen LogP contribution in [0.4, 0.5) is 5.69 Å². The number of nitrogens with zero attached hydrogens (tertiary/aromatic N) is 4. The highest BCUT2D eigenvalue weighted by Gasteiger charge is 2.31. The van der Waals surface area contributed by atoms with Crippen LogP contribution >= 0.6 is 0 Å². The fourth-order valence-corrected chi connectivity index (χ4v) is 6.17. The highest BCUT2D eigenvalue weighted by Crippen LogP contribution is 2.40. The molecular formula is C31H42N6O2. The van der Waals surface area contributed by atoms with Gasteiger partial charge in [0.2, 0.25) is 5.91 Å². The van der Waals surface area contributed by atoms with E-state index in [1.54, 1.807) is 12.4 Å². The number of primary amides is 1. The third-order valence-electron chi connectivity index (χ3n) is 8.29. The maximum atomic E-state index is 13.2. The van der Waals surface area contributed by atoms with Crippen LogP contribution in [0.1, 0.15) is 76.6 Å². The number of nitrogens with two attached hydrogens (primary N) is 1. The summed E-state index contributed by atoms with van der Waals surface area (Å²) in [7, 11) is 4.30. The first kappa shape index (κ1) is 28.5. The number of H-pyrrole nitrogens is 1. The summed E-state index contributed by atoms with van der Waals surface area (Å²) >= 11 is 0. The summed E-state index contributed by atoms with van der Waals surface area (Å²) in [5, 5.41) is 0. The average molecular weight is 531 g/mol. The molecule has 1 fully saturated rings. The Labute approximate surface area is 231 Å². The van der Waals surface area contributed by atoms with E-state index in [1.807, 2.05) is 39.8 Å². The number of amides is 1. The van der Waals surface area contributed by atoms with Gasteiger partial charge >= 0.3 is 0 Å². The van der Waals surface area contributed by atoms with Crippen LogP contribution in [-0.4, -0.2) is 58.5 Å². The molecule has 3 aromatic rings. The minimum absolute atomic E-state index is 0.0921. The Hall–Kier alpha value is -3.52. The van der Waals surface area contributed by atoms with Crippen LogP contribution in [0.5, 0.6) is 0 Å². The fourth-order valence-electron chi connectivity index (χ4n) is 6.17. The number of rotatable bonds is 8. The van der Waals surface area contributed by atoms with Crippen molar-refractivity contribution in [2.24, 2.45) is 5.73 Å². The van der Waals surface area contributed by atoms with Gasteiger partial charge in [0.25, 0.3) is 5.56 Å². The number of benzene rings is 1. The van der Waals surface area contributed by atoms with Gasteiger partial charge in [-0.15, -0.1) is 0 Å². The van der Waals surface area contributed by atoms with E-state index in [0.29, 0.717) is 35.3 Å². The van der Waals surface area contributed by atoms with Crippen molar-refractivity contribution in [3.63, 3.8) is 0 Å². The zero-order valence-electron chi connectivity index (χ0n) is 24.4. The van der Waals surface area contributed by atoms with Crippen molar-refractivity contribution in [2.45, 2.75) is 78.8 Å². The Morgan fingerprint density at radius 3 is 2.21 bits per heavy atom. The van der Waals surface area contributed by atoms with E-state index in [0.717, 1.165) is 71.6 Å². The van der Waals surface area contributed by atoms with Crippen LogP contribution in [0.15, 0.2) is 29.3 Å². The lowest BCUT2D eigenvalue weighted by Crippen LogP contribution is -2.43. The van der Waals surface area contributed by atoms with Crippen molar-refractivity contribution in [2.75, 3.05) is 25.5 Å². The number of hydrogen-bond acceptors (Lipinski definition) is 6. The fraction of sp³-hybridized carbons (Fsp3) is 0.484. The lowest BCUT2D eigenvalue weighted by molar-refractivity contribution is 0.0999. The van der Waals surface area contributed by atoms with E-state index in [4.69, 9.17) is 5.73 Å². The number of aryl methyl sites for hydroxylation is 3. The normalized spacial score (nSPS) is 17.4. The van der Waals surface area contributed by atoms with Gasteiger partial charge in [0.05, 0.1) is 17.6 Å². The predicted octanol–water partition coefficient (Wildman–Crippen LogP) is 4.45. The number of anilines is 1. The average Bonchev–Trinajstić information content (AvgIpc) is 2.88. The number of carbonyl (C=O) groups is 1. The van der Waals surface area contributed by atoms with Gasteiger partial charge in [0, 0.05) is 59.3 Å². The Bertz CT molecular complexity index is 1400. The molecule has 1 saturated carbocycles. The first-order valence-electron chi connectivity index (χ1n) is 13.9. The van der Waals surface area contributed by atoms with Crippen LogP contribution in [0.2, 0.25) is 0 Å². The molecule has 2 aromatic heterocycles. The maximum absolute atomic E-state index is 13.2. The summed E-state index contributed by atoms with van der Waals surface area (Å²) in [4.78, 5) is 42.8. The Balaban J connectivity index is 1.97. The summed E-state index contributed by atoms with van der Waals surface area (Å²) in [6.07, 6.45) is 8.22. The summed E-state index contributed by atoms with van der Waals surface area (Å²) in [5.74, 6) is -0.474. The highest BCUT2D eigenvalue weighted by atomic mass is 16.1. The highest BCUT2D eigenvalue weighted by molar-refractivity contribution is 5.98. The molecule has 0 spiro atoms. The van der Waals surface area contributed by atoms with Gasteiger partial charge in [-0.3, -0.25) is 19.6 Å². The summed E-state index contributed by atoms with van der Waals surface area (Å²) in [5.41, 5.74) is 13.9. The van der Waals surface area contributed by atoms with Gasteiger partial charge in [-0.1, -0.05) is 0 Å². The molecule has 1 aromatic carbocycles. The number of aromatic nitrogens is 3. The SMILES string of the molecule is CCN(c1c(C)c(C(N)=O)cc(-c2cnc(C)cn2)c1Cc1c(C)cc(C)[nH]c1=O)C1CCC(N(C)C)CC1. The molecule has 8 nitrogen and oxygen atoms in total. The van der Waals surface area contributed by atoms with Gasteiger partial charge < -0.3 is 20.5 Å². The van der Waals surface area contributed by atoms with Crippen LogP contribution in [0, 0.1) is 27.7 Å². The van der Waals surface area contributed by atoms with E-state index in [1.165, 1.54) is 0 Å². The van der Waals surface area contributed by atoms with Crippen molar-refractivity contribution in [3.05, 3.63) is 74.1 Å². The molecule has 39 heavy (non-hydrogen) atoms. The molecule has 0 atom stereocenters. The second kappa shape index (κ2) is 11.7. The monoisotopic (exact) mass is 530 g/mol. The second-order valence-electron chi connectivity index (χ2n) is 11.2. The lowest BCUT2D eigenvalue weighted by Gasteiger charge is -2.41. The largest absolute Gasteiger partial charge is 0.368 e. The summed E-state index contributed by atoms with van der Waals surface area (Å²) < 4.78 is 0. The molecule has 3 N–H and O–H groups in total. The molecule has 0 bridgehead atoms. The third-order valence-corrected chi connectivity index (χ3v) is 8.29. The van der Waals surface area contributed by atoms with Gasteiger partial charge in [-0.25, -0.2) is 0 Å². The van der Waals surface area contributed by atoms with E-state index < -0.39 is 5.91 Å². The molecule has 1 amide bonds. The first-order valence-corrected chi connectivity index (χ1v) is 13.9. The molecule has 0 aliphatic heterocycles. The smallest absolute Gasteiger partial charge is 0.251 e. The number of hydrogen-bond donors (Lipinski definition) is 2. The number of aromatic amines is 1. The van der Waals surface area contributed by atoms with E-state index in [2.05, 4.69) is 45.8 Å². The minimum atomic E-state index is -0.474. The molecule has 2 heterocycles. The molecule has 8 heteroatoms. The first-order chi connectivity index (χ1) is 18.5. The molecule has 208 valence electrons. The Kier molecular flexibility index (Phi) is 8.54. The molecule has 4 rings (SSSR count). The van der Waals surface area contributed by atoms with Crippen LogP contribution < -0.4 is 16.2 Å². The summed E-state index contributed by atoms with van der Waals surface area (Å²) in [6.45, 7) is 10.7. The molecule has 1 aliphatic carbocycles. The van der Waals surface area contributed by atoms with Crippen molar-refractivity contribution < 1.29 is 4.79 Å². The van der Waals surface area contributed by atoms with Gasteiger partial charge in [0.1, 0.15) is 0 Å². The van der Waals surface area contributed by atoms with Gasteiger partial charge in [-0.2, -0.15) is 0 Å². The van der Waals surface area contributed by atoms with E-state index >= 15 is 0 Å². The Morgan fingerprint density at radius 1 is 1.00 bits per heavy atom. The number of nitrogens with one attached hydrogen (secondary N) is 1.